The van der Waals surface area contributed by atoms with E-state index in [2.05, 4.69) is 4.74 Å². The molecular weight excluding hydrogens is 258 g/mol. The molecule has 0 aromatic heterocycles. The van der Waals surface area contributed by atoms with Crippen molar-refractivity contribution in [2.75, 3.05) is 13.3 Å². The molecule has 1 atom stereocenters. The average molecular weight is 272 g/mol. The van der Waals surface area contributed by atoms with E-state index in [0.29, 0.717) is 0 Å². The third-order valence-corrected chi connectivity index (χ3v) is 2.79. The molecule has 0 heterocycles. The molecule has 1 N–H and O–H groups in total. The van der Waals surface area contributed by atoms with Gasteiger partial charge in [-0.25, -0.2) is 4.39 Å². The lowest BCUT2D eigenvalue weighted by Gasteiger charge is -2.26. The maximum Gasteiger partial charge on any atom is 0.328 e. The summed E-state index contributed by atoms with van der Waals surface area (Å²) in [6.45, 7) is 0.329. The van der Waals surface area contributed by atoms with Crippen LogP contribution >= 0.6 is 0 Å². The highest BCUT2D eigenvalue weighted by molar-refractivity contribution is 6.05. The second-order valence-corrected chi connectivity index (χ2v) is 3.85. The van der Waals surface area contributed by atoms with Crippen LogP contribution in [-0.2, 0) is 19.7 Å². The van der Waals surface area contributed by atoms with E-state index in [1.54, 1.807) is 0 Å². The van der Waals surface area contributed by atoms with Gasteiger partial charge in [-0.1, -0.05) is 18.2 Å². The van der Waals surface area contributed by atoms with Crippen molar-refractivity contribution in [2.24, 2.45) is 0 Å². The number of hydrogen-bond donors (Lipinski definition) is 1. The fourth-order valence-electron chi connectivity index (χ4n) is 1.86. The number of carboxylic acid groups (broad SMARTS) is 1. The summed E-state index contributed by atoms with van der Waals surface area (Å²) in [7, 11) is 0. The molecule has 0 radical (unpaired) electrons. The largest absolute Gasteiger partial charge is 0.480 e. The Morgan fingerprint density at radius 3 is 2.47 bits per heavy atom. The summed E-state index contributed by atoms with van der Waals surface area (Å²) in [5.41, 5.74) is -2.74. The van der Waals surface area contributed by atoms with Gasteiger partial charge in [0.1, 0.15) is 5.82 Å². The zero-order valence-corrected chi connectivity index (χ0v) is 10.4. The summed E-state index contributed by atoms with van der Waals surface area (Å²) < 4.78 is 31.1. The standard InChI is InChI=1S/C13H14F2O4/c1-2-19-12(18)13(7-8-14,11(16)17)9-5-3-4-6-10(9)15/h3-6H,2,7-8H2,1H3,(H,16,17). The normalized spacial score (nSPS) is 13.6. The zero-order chi connectivity index (χ0) is 14.5. The minimum Gasteiger partial charge on any atom is -0.480 e. The van der Waals surface area contributed by atoms with E-state index in [1.807, 2.05) is 0 Å². The van der Waals surface area contributed by atoms with Crippen LogP contribution in [0.1, 0.15) is 18.9 Å². The van der Waals surface area contributed by atoms with Crippen molar-refractivity contribution in [2.45, 2.75) is 18.8 Å². The predicted octanol–water partition coefficient (Wildman–Crippen LogP) is 2.07. The number of alkyl halides is 1. The second-order valence-electron chi connectivity index (χ2n) is 3.85. The molecule has 6 heteroatoms. The summed E-state index contributed by atoms with van der Waals surface area (Å²) in [5.74, 6) is -3.68. The van der Waals surface area contributed by atoms with Crippen LogP contribution in [0.25, 0.3) is 0 Å². The van der Waals surface area contributed by atoms with Crippen LogP contribution in [-0.4, -0.2) is 30.3 Å². The van der Waals surface area contributed by atoms with Crippen LogP contribution in [0, 0.1) is 5.82 Å². The Hall–Kier alpha value is -1.98. The molecule has 0 aliphatic carbocycles. The maximum atomic E-state index is 13.8. The monoisotopic (exact) mass is 272 g/mol. The highest BCUT2D eigenvalue weighted by Crippen LogP contribution is 2.32. The first-order valence-corrected chi connectivity index (χ1v) is 5.72. The first-order valence-electron chi connectivity index (χ1n) is 5.72. The van der Waals surface area contributed by atoms with Crippen LogP contribution in [0.4, 0.5) is 8.78 Å². The molecule has 1 unspecified atom stereocenters. The molecule has 0 aliphatic rings. The van der Waals surface area contributed by atoms with Gasteiger partial charge in [0.15, 0.2) is 5.41 Å². The molecule has 19 heavy (non-hydrogen) atoms. The quantitative estimate of drug-likeness (QED) is 0.636. The Balaban J connectivity index is 3.44. The number of ether oxygens (including phenoxy) is 1. The minimum absolute atomic E-state index is 0.0748. The van der Waals surface area contributed by atoms with Crippen LogP contribution in [0.15, 0.2) is 24.3 Å². The fourth-order valence-corrected chi connectivity index (χ4v) is 1.86. The molecule has 0 spiro atoms. The third kappa shape index (κ3) is 2.72. The lowest BCUT2D eigenvalue weighted by atomic mass is 9.77. The number of hydrogen-bond acceptors (Lipinski definition) is 3. The summed E-state index contributed by atoms with van der Waals surface area (Å²) >= 11 is 0. The number of halogens is 2. The number of benzene rings is 1. The number of aliphatic carboxylic acids is 1. The fraction of sp³-hybridized carbons (Fsp3) is 0.385. The Morgan fingerprint density at radius 2 is 2.00 bits per heavy atom. The van der Waals surface area contributed by atoms with Crippen molar-refractivity contribution in [3.8, 4) is 0 Å². The van der Waals surface area contributed by atoms with Crippen molar-refractivity contribution in [1.29, 1.82) is 0 Å². The molecule has 0 fully saturated rings. The summed E-state index contributed by atoms with van der Waals surface area (Å²) in [6, 6.07) is 4.90. The highest BCUT2D eigenvalue weighted by Gasteiger charge is 2.50. The van der Waals surface area contributed by atoms with Gasteiger partial charge in [0.05, 0.1) is 13.3 Å². The van der Waals surface area contributed by atoms with Crippen molar-refractivity contribution < 1.29 is 28.2 Å². The predicted molar refractivity (Wildman–Crippen MR) is 62.9 cm³/mol. The second kappa shape index (κ2) is 6.26. The molecular formula is C13H14F2O4. The SMILES string of the molecule is CCOC(=O)C(CCF)(C(=O)O)c1ccccc1F. The van der Waals surface area contributed by atoms with E-state index < -0.39 is 41.8 Å². The van der Waals surface area contributed by atoms with E-state index in [-0.39, 0.29) is 6.61 Å². The Kier molecular flexibility index (Phi) is 4.97. The molecule has 0 aliphatic heterocycles. The van der Waals surface area contributed by atoms with Gasteiger partial charge in [0.2, 0.25) is 0 Å². The Labute approximate surface area is 109 Å². The van der Waals surface area contributed by atoms with Gasteiger partial charge in [-0.3, -0.25) is 14.0 Å². The number of carbonyl (C=O) groups excluding carboxylic acids is 1. The van der Waals surface area contributed by atoms with Crippen LogP contribution in [0.2, 0.25) is 0 Å². The summed E-state index contributed by atoms with van der Waals surface area (Å²) in [5, 5.41) is 9.30. The molecule has 0 saturated heterocycles. The topological polar surface area (TPSA) is 63.6 Å². The van der Waals surface area contributed by atoms with E-state index in [4.69, 9.17) is 0 Å². The first kappa shape index (κ1) is 15.1. The van der Waals surface area contributed by atoms with E-state index in [9.17, 15) is 23.5 Å². The minimum atomic E-state index is -2.35. The Bertz CT molecular complexity index is 475. The van der Waals surface area contributed by atoms with Crippen molar-refractivity contribution in [3.63, 3.8) is 0 Å². The van der Waals surface area contributed by atoms with Crippen LogP contribution in [0.5, 0.6) is 0 Å². The summed E-state index contributed by atoms with van der Waals surface area (Å²) in [4.78, 5) is 23.4. The molecule has 0 amide bonds. The molecule has 104 valence electrons. The van der Waals surface area contributed by atoms with Crippen molar-refractivity contribution in [3.05, 3.63) is 35.6 Å². The first-order chi connectivity index (χ1) is 9.00. The van der Waals surface area contributed by atoms with Crippen LogP contribution in [0.3, 0.4) is 0 Å². The lowest BCUT2D eigenvalue weighted by Crippen LogP contribution is -2.46. The number of carboxylic acids is 1. The molecule has 1 aromatic carbocycles. The third-order valence-electron chi connectivity index (χ3n) is 2.79. The van der Waals surface area contributed by atoms with Gasteiger partial charge >= 0.3 is 11.9 Å². The summed E-state index contributed by atoms with van der Waals surface area (Å²) in [6.07, 6.45) is -0.678. The smallest absolute Gasteiger partial charge is 0.328 e. The van der Waals surface area contributed by atoms with Gasteiger partial charge < -0.3 is 9.84 Å². The van der Waals surface area contributed by atoms with Gasteiger partial charge in [0, 0.05) is 12.0 Å². The molecule has 1 aromatic rings. The van der Waals surface area contributed by atoms with E-state index in [1.165, 1.54) is 19.1 Å². The van der Waals surface area contributed by atoms with E-state index in [0.717, 1.165) is 12.1 Å². The molecule has 4 nitrogen and oxygen atoms in total. The van der Waals surface area contributed by atoms with Crippen LogP contribution < -0.4 is 0 Å². The Morgan fingerprint density at radius 1 is 1.37 bits per heavy atom. The van der Waals surface area contributed by atoms with Gasteiger partial charge in [0.25, 0.3) is 0 Å². The van der Waals surface area contributed by atoms with Gasteiger partial charge in [-0.2, -0.15) is 0 Å². The zero-order valence-electron chi connectivity index (χ0n) is 10.4. The molecule has 0 saturated carbocycles. The molecule has 1 rings (SSSR count). The van der Waals surface area contributed by atoms with E-state index >= 15 is 0 Å². The average Bonchev–Trinajstić information content (AvgIpc) is 2.36. The molecule has 0 bridgehead atoms. The van der Waals surface area contributed by atoms with Crippen molar-refractivity contribution in [1.82, 2.24) is 0 Å². The lowest BCUT2D eigenvalue weighted by molar-refractivity contribution is -0.162. The number of rotatable bonds is 6. The maximum absolute atomic E-state index is 13.8. The van der Waals surface area contributed by atoms with Gasteiger partial charge in [-0.05, 0) is 13.0 Å². The number of esters is 1. The number of carbonyl (C=O) groups is 2. The highest BCUT2D eigenvalue weighted by atomic mass is 19.1. The van der Waals surface area contributed by atoms with Gasteiger partial charge in [-0.15, -0.1) is 0 Å². The van der Waals surface area contributed by atoms with Crippen molar-refractivity contribution >= 4 is 11.9 Å².